The van der Waals surface area contributed by atoms with Crippen LogP contribution in [-0.2, 0) is 27.4 Å². The average Bonchev–Trinajstić information content (AvgIpc) is 3.54. The number of ether oxygens (including phenoxy) is 2. The highest BCUT2D eigenvalue weighted by molar-refractivity contribution is 6.05. The lowest BCUT2D eigenvalue weighted by atomic mass is 9.83. The molecule has 5 heterocycles. The Hall–Kier alpha value is -3.89. The van der Waals surface area contributed by atoms with E-state index in [2.05, 4.69) is 37.1 Å². The molecule has 3 aromatic rings. The van der Waals surface area contributed by atoms with Crippen LogP contribution < -0.4 is 10.1 Å². The Bertz CT molecular complexity index is 1710. The van der Waals surface area contributed by atoms with Gasteiger partial charge in [-0.15, -0.1) is 0 Å². The molecule has 3 atom stereocenters. The van der Waals surface area contributed by atoms with Crippen molar-refractivity contribution in [2.24, 2.45) is 11.3 Å². The molecule has 47 heavy (non-hydrogen) atoms. The second kappa shape index (κ2) is 12.6. The molecule has 248 valence electrons. The topological polar surface area (TPSA) is 101 Å². The van der Waals surface area contributed by atoms with Crippen molar-refractivity contribution in [3.8, 4) is 5.75 Å². The van der Waals surface area contributed by atoms with Crippen molar-refractivity contribution in [1.82, 2.24) is 20.1 Å². The first-order chi connectivity index (χ1) is 22.5. The van der Waals surface area contributed by atoms with E-state index in [-0.39, 0.29) is 41.5 Å². The monoisotopic (exact) mass is 642 g/mol. The number of likely N-dealkylation sites (tertiary alicyclic amines) is 1. The fraction of sp³-hybridized carbons (Fsp3) is 0.514. The highest BCUT2D eigenvalue weighted by atomic mass is 19.1. The van der Waals surface area contributed by atoms with Crippen LogP contribution in [0.3, 0.4) is 0 Å². The number of imide groups is 1. The number of piperidine rings is 1. The first-order valence-corrected chi connectivity index (χ1v) is 16.8. The van der Waals surface area contributed by atoms with E-state index in [0.29, 0.717) is 48.8 Å². The second-order valence-electron chi connectivity index (χ2n) is 14.9. The van der Waals surface area contributed by atoms with E-state index in [1.165, 1.54) is 0 Å². The minimum Gasteiger partial charge on any atom is -0.489 e. The van der Waals surface area contributed by atoms with Crippen molar-refractivity contribution in [2.75, 3.05) is 26.3 Å². The number of halogens is 1. The number of aromatic nitrogens is 1. The van der Waals surface area contributed by atoms with Crippen LogP contribution in [0.4, 0.5) is 4.39 Å². The summed E-state index contributed by atoms with van der Waals surface area (Å²) >= 11 is 0. The third-order valence-electron chi connectivity index (χ3n) is 9.99. The van der Waals surface area contributed by atoms with Gasteiger partial charge in [0.05, 0.1) is 0 Å². The van der Waals surface area contributed by atoms with Gasteiger partial charge in [0.25, 0.3) is 5.91 Å². The van der Waals surface area contributed by atoms with Gasteiger partial charge >= 0.3 is 0 Å². The van der Waals surface area contributed by atoms with Crippen LogP contribution in [-0.4, -0.2) is 71.0 Å². The Balaban J connectivity index is 1.05. The Labute approximate surface area is 274 Å². The predicted octanol–water partition coefficient (Wildman–Crippen LogP) is 5.34. The highest BCUT2D eigenvalue weighted by Crippen LogP contribution is 2.36. The molecule has 7 rings (SSSR count). The summed E-state index contributed by atoms with van der Waals surface area (Å²) in [5, 5.41) is 3.17. The fourth-order valence-corrected chi connectivity index (χ4v) is 7.81. The summed E-state index contributed by atoms with van der Waals surface area (Å²) in [4.78, 5) is 45.9. The van der Waals surface area contributed by atoms with E-state index in [1.807, 2.05) is 24.3 Å². The lowest BCUT2D eigenvalue weighted by Gasteiger charge is -2.29. The maximum atomic E-state index is 15.5. The van der Waals surface area contributed by atoms with Crippen molar-refractivity contribution in [3.05, 3.63) is 70.7 Å². The van der Waals surface area contributed by atoms with E-state index in [9.17, 15) is 14.4 Å². The van der Waals surface area contributed by atoms with Crippen LogP contribution in [0, 0.1) is 17.2 Å². The number of fused-ring (bicyclic) bond motifs is 2. The largest absolute Gasteiger partial charge is 0.489 e. The lowest BCUT2D eigenvalue weighted by Crippen LogP contribution is -2.52. The van der Waals surface area contributed by atoms with Gasteiger partial charge in [0.1, 0.15) is 29.2 Å². The summed E-state index contributed by atoms with van der Waals surface area (Å²) in [5.74, 6) is 0.0552. The molecular formula is C37H43FN4O5. The molecule has 0 saturated carbocycles. The standard InChI is InChI=1S/C37H43FN4O5/c1-37(2,3)17-26-19-41(18-22-14-24-4-7-30(23-10-12-46-13-11-23)39-34(24)29(38)15-22)21-32(26)47-27-5-6-28-25(16-27)20-42(36(28)45)31-8-9-33(43)40-35(31)44/h4-7,14-16,23,26,31-32H,8-13,17-21H2,1-3H3,(H,40,43,44)/t26-,31-,32-/m0/s1. The van der Waals surface area contributed by atoms with Gasteiger partial charge in [-0.25, -0.2) is 9.37 Å². The van der Waals surface area contributed by atoms with Gasteiger partial charge in [-0.1, -0.05) is 26.8 Å². The quantitative estimate of drug-likeness (QED) is 0.347. The molecule has 0 unspecified atom stereocenters. The van der Waals surface area contributed by atoms with Gasteiger partial charge in [0.15, 0.2) is 0 Å². The number of hydrogen-bond acceptors (Lipinski definition) is 7. The summed E-state index contributed by atoms with van der Waals surface area (Å²) < 4.78 is 27.6. The predicted molar refractivity (Wildman–Crippen MR) is 174 cm³/mol. The van der Waals surface area contributed by atoms with E-state index in [1.54, 1.807) is 17.0 Å². The minimum atomic E-state index is -0.652. The number of hydrogen-bond donors (Lipinski definition) is 1. The normalized spacial score (nSPS) is 24.2. The van der Waals surface area contributed by atoms with Crippen LogP contribution in [0.25, 0.3) is 10.9 Å². The molecule has 10 heteroatoms. The smallest absolute Gasteiger partial charge is 0.255 e. The van der Waals surface area contributed by atoms with Crippen LogP contribution in [0.2, 0.25) is 0 Å². The number of carbonyl (C=O) groups is 3. The average molecular weight is 643 g/mol. The number of nitrogens with one attached hydrogen (secondary N) is 1. The van der Waals surface area contributed by atoms with Crippen molar-refractivity contribution in [1.29, 1.82) is 0 Å². The molecule has 3 amide bonds. The second-order valence-corrected chi connectivity index (χ2v) is 14.9. The molecule has 3 saturated heterocycles. The number of amides is 3. The lowest BCUT2D eigenvalue weighted by molar-refractivity contribution is -0.136. The van der Waals surface area contributed by atoms with Gasteiger partial charge in [-0.2, -0.15) is 0 Å². The van der Waals surface area contributed by atoms with Crippen molar-refractivity contribution in [2.45, 2.75) is 84.0 Å². The van der Waals surface area contributed by atoms with Gasteiger partial charge < -0.3 is 14.4 Å². The molecule has 4 aliphatic heterocycles. The maximum Gasteiger partial charge on any atom is 0.255 e. The third-order valence-corrected chi connectivity index (χ3v) is 9.99. The van der Waals surface area contributed by atoms with Gasteiger partial charge in [-0.3, -0.25) is 24.6 Å². The van der Waals surface area contributed by atoms with E-state index >= 15 is 4.39 Å². The SMILES string of the molecule is CC(C)(C)C[C@H]1CN(Cc2cc(F)c3nc(C4CCOCC4)ccc3c2)C[C@@H]1Oc1ccc2c(c1)CN([C@H]1CCC(=O)NC1=O)C2=O. The Kier molecular flexibility index (Phi) is 8.51. The molecule has 9 nitrogen and oxygen atoms in total. The molecule has 0 spiro atoms. The first kappa shape index (κ1) is 31.7. The molecule has 0 bridgehead atoms. The highest BCUT2D eigenvalue weighted by Gasteiger charge is 2.40. The maximum absolute atomic E-state index is 15.5. The fourth-order valence-electron chi connectivity index (χ4n) is 7.81. The van der Waals surface area contributed by atoms with E-state index < -0.39 is 11.9 Å². The molecule has 3 fully saturated rings. The van der Waals surface area contributed by atoms with Gasteiger partial charge in [-0.05, 0) is 78.6 Å². The van der Waals surface area contributed by atoms with Crippen LogP contribution in [0.15, 0.2) is 42.5 Å². The number of rotatable bonds is 7. The van der Waals surface area contributed by atoms with Crippen molar-refractivity contribution < 1.29 is 28.2 Å². The molecule has 2 aromatic carbocycles. The molecular weight excluding hydrogens is 599 g/mol. The van der Waals surface area contributed by atoms with Crippen molar-refractivity contribution >= 4 is 28.6 Å². The van der Waals surface area contributed by atoms with Gasteiger partial charge in [0.2, 0.25) is 11.8 Å². The number of nitrogens with zero attached hydrogens (tertiary/aromatic N) is 3. The van der Waals surface area contributed by atoms with Crippen LogP contribution in [0.1, 0.15) is 86.0 Å². The Morgan fingerprint density at radius 3 is 2.60 bits per heavy atom. The molecule has 4 aliphatic rings. The van der Waals surface area contributed by atoms with E-state index in [0.717, 1.165) is 61.2 Å². The Morgan fingerprint density at radius 1 is 1.02 bits per heavy atom. The zero-order valence-electron chi connectivity index (χ0n) is 27.4. The summed E-state index contributed by atoms with van der Waals surface area (Å²) in [7, 11) is 0. The zero-order valence-corrected chi connectivity index (χ0v) is 27.4. The minimum absolute atomic E-state index is 0.0791. The molecule has 1 N–H and O–H groups in total. The van der Waals surface area contributed by atoms with Gasteiger partial charge in [0, 0.05) is 74.3 Å². The summed E-state index contributed by atoms with van der Waals surface area (Å²) in [6.45, 7) is 10.6. The Morgan fingerprint density at radius 2 is 1.83 bits per heavy atom. The summed E-state index contributed by atoms with van der Waals surface area (Å²) in [6.07, 6.45) is 3.26. The van der Waals surface area contributed by atoms with E-state index in [4.69, 9.17) is 14.5 Å². The summed E-state index contributed by atoms with van der Waals surface area (Å²) in [6, 6.07) is 12.6. The zero-order chi connectivity index (χ0) is 32.9. The molecule has 0 radical (unpaired) electrons. The molecule has 1 aromatic heterocycles. The number of carbonyl (C=O) groups excluding carboxylic acids is 3. The number of benzene rings is 2. The van der Waals surface area contributed by atoms with Crippen molar-refractivity contribution in [3.63, 3.8) is 0 Å². The molecule has 0 aliphatic carbocycles. The first-order valence-electron chi connectivity index (χ1n) is 16.8. The number of pyridine rings is 1. The van der Waals surface area contributed by atoms with Crippen LogP contribution >= 0.6 is 0 Å². The third kappa shape index (κ3) is 6.76. The summed E-state index contributed by atoms with van der Waals surface area (Å²) in [5.41, 5.74) is 3.76. The van der Waals surface area contributed by atoms with Crippen LogP contribution in [0.5, 0.6) is 5.75 Å².